The molecule has 2 nitrogen and oxygen atoms in total. The summed E-state index contributed by atoms with van der Waals surface area (Å²) in [6.45, 7) is 5.13. The molecule has 2 atom stereocenters. The molecule has 0 fully saturated rings. The fourth-order valence-corrected chi connectivity index (χ4v) is 3.97. The molecule has 20 heavy (non-hydrogen) atoms. The predicted octanol–water partition coefficient (Wildman–Crippen LogP) is 4.42. The Hall–Kier alpha value is -1.03. The minimum absolute atomic E-state index is 0.161. The quantitative estimate of drug-likeness (QED) is 0.902. The lowest BCUT2D eigenvalue weighted by Gasteiger charge is -2.18. The largest absolute Gasteiger partial charge is 0.490 e. The fourth-order valence-electron chi connectivity index (χ4n) is 2.70. The first-order chi connectivity index (χ1) is 9.69. The molecule has 0 saturated heterocycles. The monoisotopic (exact) mass is 307 g/mol. The summed E-state index contributed by atoms with van der Waals surface area (Å²) >= 11 is 8.01. The summed E-state index contributed by atoms with van der Waals surface area (Å²) < 4.78 is 5.77. The SMILES string of the molecule is CCNC(c1ccc2c(c1)CC(C)O2)c1sccc1Cl. The fraction of sp³-hybridized carbons (Fsp3) is 0.375. The minimum Gasteiger partial charge on any atom is -0.490 e. The van der Waals surface area contributed by atoms with Crippen LogP contribution >= 0.6 is 22.9 Å². The Labute approximate surface area is 128 Å². The van der Waals surface area contributed by atoms with Crippen molar-refractivity contribution in [3.05, 3.63) is 50.7 Å². The highest BCUT2D eigenvalue weighted by Crippen LogP contribution is 2.36. The molecule has 1 aliphatic heterocycles. The maximum absolute atomic E-state index is 6.31. The highest BCUT2D eigenvalue weighted by molar-refractivity contribution is 7.10. The zero-order chi connectivity index (χ0) is 14.1. The Morgan fingerprint density at radius 2 is 2.30 bits per heavy atom. The number of nitrogens with one attached hydrogen (secondary N) is 1. The van der Waals surface area contributed by atoms with E-state index in [1.807, 2.05) is 11.4 Å². The van der Waals surface area contributed by atoms with Crippen molar-refractivity contribution >= 4 is 22.9 Å². The molecule has 0 spiro atoms. The molecule has 1 aliphatic rings. The lowest BCUT2D eigenvalue weighted by atomic mass is 10.0. The Morgan fingerprint density at radius 1 is 1.45 bits per heavy atom. The van der Waals surface area contributed by atoms with Gasteiger partial charge in [-0.2, -0.15) is 0 Å². The molecule has 0 saturated carbocycles. The molecule has 1 aromatic heterocycles. The van der Waals surface area contributed by atoms with Gasteiger partial charge in [0.05, 0.1) is 11.1 Å². The second-order valence-corrected chi connectivity index (χ2v) is 6.48. The van der Waals surface area contributed by atoms with E-state index in [-0.39, 0.29) is 12.1 Å². The van der Waals surface area contributed by atoms with E-state index in [4.69, 9.17) is 16.3 Å². The molecule has 2 unspecified atom stereocenters. The second kappa shape index (κ2) is 5.76. The van der Waals surface area contributed by atoms with Gasteiger partial charge < -0.3 is 10.1 Å². The van der Waals surface area contributed by atoms with Gasteiger partial charge in [0.25, 0.3) is 0 Å². The van der Waals surface area contributed by atoms with Gasteiger partial charge >= 0.3 is 0 Å². The van der Waals surface area contributed by atoms with Crippen LogP contribution in [0.4, 0.5) is 0 Å². The number of thiophene rings is 1. The molecule has 0 radical (unpaired) electrons. The van der Waals surface area contributed by atoms with E-state index < -0.39 is 0 Å². The second-order valence-electron chi connectivity index (χ2n) is 5.12. The van der Waals surface area contributed by atoms with Crippen LogP contribution in [0.1, 0.15) is 35.9 Å². The standard InChI is InChI=1S/C16H18ClNOS/c1-3-18-15(16-13(17)6-7-20-16)11-4-5-14-12(9-11)8-10(2)19-14/h4-7,9-10,15,18H,3,8H2,1-2H3. The third kappa shape index (κ3) is 2.58. The van der Waals surface area contributed by atoms with Crippen LogP contribution in [0, 0.1) is 0 Å². The zero-order valence-corrected chi connectivity index (χ0v) is 13.2. The van der Waals surface area contributed by atoms with Crippen LogP contribution in [-0.4, -0.2) is 12.6 Å². The molecule has 2 aromatic rings. The highest BCUT2D eigenvalue weighted by atomic mass is 35.5. The van der Waals surface area contributed by atoms with Gasteiger partial charge in [0, 0.05) is 11.3 Å². The van der Waals surface area contributed by atoms with E-state index in [0.717, 1.165) is 23.7 Å². The zero-order valence-electron chi connectivity index (χ0n) is 11.7. The molecular formula is C16H18ClNOS. The van der Waals surface area contributed by atoms with Gasteiger partial charge in [-0.25, -0.2) is 0 Å². The summed E-state index contributed by atoms with van der Waals surface area (Å²) in [7, 11) is 0. The van der Waals surface area contributed by atoms with Gasteiger partial charge in [0.15, 0.2) is 0 Å². The van der Waals surface area contributed by atoms with Crippen molar-refractivity contribution in [3.8, 4) is 5.75 Å². The van der Waals surface area contributed by atoms with Crippen LogP contribution in [-0.2, 0) is 6.42 Å². The topological polar surface area (TPSA) is 21.3 Å². The summed E-state index contributed by atoms with van der Waals surface area (Å²) in [6, 6.07) is 8.60. The molecular weight excluding hydrogens is 290 g/mol. The number of halogens is 1. The predicted molar refractivity (Wildman–Crippen MR) is 85.1 cm³/mol. The van der Waals surface area contributed by atoms with Crippen LogP contribution in [0.25, 0.3) is 0 Å². The smallest absolute Gasteiger partial charge is 0.123 e. The van der Waals surface area contributed by atoms with Crippen molar-refractivity contribution in [1.29, 1.82) is 0 Å². The average Bonchev–Trinajstić information content (AvgIpc) is 3.00. The van der Waals surface area contributed by atoms with E-state index >= 15 is 0 Å². The number of fused-ring (bicyclic) bond motifs is 1. The first-order valence-electron chi connectivity index (χ1n) is 6.94. The van der Waals surface area contributed by atoms with Crippen molar-refractivity contribution in [2.24, 2.45) is 0 Å². The number of benzene rings is 1. The Kier molecular flexibility index (Phi) is 4.01. The number of hydrogen-bond donors (Lipinski definition) is 1. The van der Waals surface area contributed by atoms with E-state index in [1.54, 1.807) is 11.3 Å². The molecule has 3 rings (SSSR count). The van der Waals surface area contributed by atoms with E-state index in [0.29, 0.717) is 0 Å². The Morgan fingerprint density at radius 3 is 3.00 bits per heavy atom. The first kappa shape index (κ1) is 13.9. The van der Waals surface area contributed by atoms with Crippen LogP contribution < -0.4 is 10.1 Å². The van der Waals surface area contributed by atoms with E-state index in [9.17, 15) is 0 Å². The van der Waals surface area contributed by atoms with Gasteiger partial charge in [0.1, 0.15) is 11.9 Å². The molecule has 0 bridgehead atoms. The van der Waals surface area contributed by atoms with Gasteiger partial charge in [-0.3, -0.25) is 0 Å². The van der Waals surface area contributed by atoms with Crippen LogP contribution in [0.15, 0.2) is 29.6 Å². The van der Waals surface area contributed by atoms with Crippen molar-refractivity contribution in [1.82, 2.24) is 5.32 Å². The summed E-state index contributed by atoms with van der Waals surface area (Å²) in [5, 5.41) is 6.41. The first-order valence-corrected chi connectivity index (χ1v) is 8.20. The minimum atomic E-state index is 0.161. The normalized spacial score (nSPS) is 18.6. The Balaban J connectivity index is 1.97. The summed E-state index contributed by atoms with van der Waals surface area (Å²) in [6.07, 6.45) is 1.27. The summed E-state index contributed by atoms with van der Waals surface area (Å²) in [5.41, 5.74) is 2.55. The number of ether oxygens (including phenoxy) is 1. The molecule has 2 heterocycles. The van der Waals surface area contributed by atoms with Crippen LogP contribution in [0.5, 0.6) is 5.75 Å². The third-order valence-electron chi connectivity index (χ3n) is 3.57. The highest BCUT2D eigenvalue weighted by Gasteiger charge is 2.23. The molecule has 0 aliphatic carbocycles. The Bertz CT molecular complexity index is 610. The van der Waals surface area contributed by atoms with Gasteiger partial charge in [-0.15, -0.1) is 11.3 Å². The molecule has 4 heteroatoms. The lowest BCUT2D eigenvalue weighted by molar-refractivity contribution is 0.254. The van der Waals surface area contributed by atoms with Crippen molar-refractivity contribution in [3.63, 3.8) is 0 Å². The van der Waals surface area contributed by atoms with Gasteiger partial charge in [-0.1, -0.05) is 30.7 Å². The number of hydrogen-bond acceptors (Lipinski definition) is 3. The maximum atomic E-state index is 6.31. The maximum Gasteiger partial charge on any atom is 0.123 e. The van der Waals surface area contributed by atoms with E-state index in [2.05, 4.69) is 37.4 Å². The number of rotatable bonds is 4. The van der Waals surface area contributed by atoms with Crippen LogP contribution in [0.2, 0.25) is 5.02 Å². The van der Waals surface area contributed by atoms with Crippen molar-refractivity contribution in [2.75, 3.05) is 6.54 Å². The average molecular weight is 308 g/mol. The van der Waals surface area contributed by atoms with Crippen molar-refractivity contribution in [2.45, 2.75) is 32.4 Å². The van der Waals surface area contributed by atoms with Crippen LogP contribution in [0.3, 0.4) is 0 Å². The van der Waals surface area contributed by atoms with Gasteiger partial charge in [0.2, 0.25) is 0 Å². The van der Waals surface area contributed by atoms with Gasteiger partial charge in [-0.05, 0) is 42.1 Å². The summed E-state index contributed by atoms with van der Waals surface area (Å²) in [4.78, 5) is 1.18. The molecule has 106 valence electrons. The molecule has 0 amide bonds. The lowest BCUT2D eigenvalue weighted by Crippen LogP contribution is -2.21. The molecule has 1 N–H and O–H groups in total. The molecule has 1 aromatic carbocycles. The summed E-state index contributed by atoms with van der Waals surface area (Å²) in [5.74, 6) is 1.02. The van der Waals surface area contributed by atoms with E-state index in [1.165, 1.54) is 16.0 Å². The van der Waals surface area contributed by atoms with Crippen molar-refractivity contribution < 1.29 is 4.74 Å². The third-order valence-corrected chi connectivity index (χ3v) is 4.99.